The highest BCUT2D eigenvalue weighted by molar-refractivity contribution is 7.92. The summed E-state index contributed by atoms with van der Waals surface area (Å²) >= 11 is 5.85. The average Bonchev–Trinajstić information content (AvgIpc) is 3.19. The fourth-order valence-corrected chi connectivity index (χ4v) is 5.00. The first kappa shape index (κ1) is 21.0. The van der Waals surface area contributed by atoms with Gasteiger partial charge in [0.15, 0.2) is 0 Å². The molecule has 0 aliphatic carbocycles. The molecule has 0 unspecified atom stereocenters. The van der Waals surface area contributed by atoms with Gasteiger partial charge < -0.3 is 15.4 Å². The summed E-state index contributed by atoms with van der Waals surface area (Å²) < 4.78 is 32.8. The number of ether oxygens (including phenoxy) is 1. The van der Waals surface area contributed by atoms with Crippen LogP contribution in [0.5, 0.6) is 5.75 Å². The molecule has 0 bridgehead atoms. The first-order chi connectivity index (χ1) is 14.9. The summed E-state index contributed by atoms with van der Waals surface area (Å²) in [4.78, 5) is 12.5. The van der Waals surface area contributed by atoms with Crippen molar-refractivity contribution in [1.82, 2.24) is 0 Å². The Kier molecular flexibility index (Phi) is 5.75. The predicted molar refractivity (Wildman–Crippen MR) is 122 cm³/mol. The van der Waals surface area contributed by atoms with Gasteiger partial charge in [-0.2, -0.15) is 0 Å². The van der Waals surface area contributed by atoms with E-state index in [1.807, 2.05) is 6.07 Å². The molecular formula is C22H20ClN3O4S. The molecule has 31 heavy (non-hydrogen) atoms. The minimum absolute atomic E-state index is 0.181. The van der Waals surface area contributed by atoms with E-state index in [1.54, 1.807) is 48.5 Å². The van der Waals surface area contributed by atoms with Crippen molar-refractivity contribution in [3.63, 3.8) is 0 Å². The van der Waals surface area contributed by atoms with Gasteiger partial charge in [0.25, 0.3) is 10.0 Å². The number of hydrogen-bond donors (Lipinski definition) is 2. The Hall–Kier alpha value is -3.23. The van der Waals surface area contributed by atoms with Gasteiger partial charge in [-0.1, -0.05) is 17.7 Å². The van der Waals surface area contributed by atoms with Crippen molar-refractivity contribution in [2.75, 3.05) is 28.6 Å². The third-order valence-electron chi connectivity index (χ3n) is 4.95. The summed E-state index contributed by atoms with van der Waals surface area (Å²) in [7, 11) is -2.21. The van der Waals surface area contributed by atoms with Gasteiger partial charge in [0.1, 0.15) is 5.75 Å². The number of methoxy groups -OCH3 is 1. The van der Waals surface area contributed by atoms with Crippen LogP contribution in [-0.2, 0) is 16.4 Å². The van der Waals surface area contributed by atoms with Gasteiger partial charge in [0, 0.05) is 22.9 Å². The van der Waals surface area contributed by atoms with Crippen LogP contribution in [0.15, 0.2) is 71.6 Å². The second-order valence-corrected chi connectivity index (χ2v) is 9.23. The number of nitrogens with one attached hydrogen (secondary N) is 2. The molecule has 3 aromatic carbocycles. The summed E-state index contributed by atoms with van der Waals surface area (Å²) in [5.41, 5.74) is 2.54. The number of sulfonamides is 1. The number of fused-ring (bicyclic) bond motifs is 1. The second kappa shape index (κ2) is 8.49. The largest absolute Gasteiger partial charge is 0.497 e. The molecule has 9 heteroatoms. The van der Waals surface area contributed by atoms with Crippen LogP contribution in [0.1, 0.15) is 5.56 Å². The molecule has 0 spiro atoms. The van der Waals surface area contributed by atoms with Crippen molar-refractivity contribution < 1.29 is 17.9 Å². The van der Waals surface area contributed by atoms with Crippen LogP contribution in [0.4, 0.5) is 21.9 Å². The van der Waals surface area contributed by atoms with Crippen LogP contribution in [0.3, 0.4) is 0 Å². The van der Waals surface area contributed by atoms with Crippen molar-refractivity contribution in [2.45, 2.75) is 11.3 Å². The first-order valence-electron chi connectivity index (χ1n) is 9.50. The zero-order chi connectivity index (χ0) is 22.0. The van der Waals surface area contributed by atoms with Gasteiger partial charge in [-0.25, -0.2) is 13.2 Å². The Balaban J connectivity index is 1.54. The van der Waals surface area contributed by atoms with E-state index in [0.717, 1.165) is 5.56 Å². The molecule has 2 amide bonds. The Bertz CT molecular complexity index is 1210. The number of anilines is 3. The zero-order valence-corrected chi connectivity index (χ0v) is 18.2. The average molecular weight is 458 g/mol. The third kappa shape index (κ3) is 4.45. The molecule has 0 saturated carbocycles. The minimum atomic E-state index is -3.74. The Morgan fingerprint density at radius 1 is 0.968 bits per heavy atom. The van der Waals surface area contributed by atoms with Gasteiger partial charge >= 0.3 is 6.03 Å². The van der Waals surface area contributed by atoms with Crippen LogP contribution in [0, 0.1) is 0 Å². The molecule has 0 radical (unpaired) electrons. The number of nitrogens with zero attached hydrogens (tertiary/aromatic N) is 1. The Morgan fingerprint density at radius 3 is 2.29 bits per heavy atom. The lowest BCUT2D eigenvalue weighted by Gasteiger charge is -2.20. The molecule has 4 rings (SSSR count). The number of benzene rings is 3. The fourth-order valence-electron chi connectivity index (χ4n) is 3.38. The maximum atomic E-state index is 13.2. The highest BCUT2D eigenvalue weighted by atomic mass is 35.5. The van der Waals surface area contributed by atoms with Crippen LogP contribution >= 0.6 is 11.6 Å². The van der Waals surface area contributed by atoms with Crippen molar-refractivity contribution in [3.8, 4) is 5.75 Å². The molecular weight excluding hydrogens is 438 g/mol. The molecule has 0 saturated heterocycles. The predicted octanol–water partition coefficient (Wildman–Crippen LogP) is 4.74. The third-order valence-corrected chi connectivity index (χ3v) is 7.03. The SMILES string of the molecule is COc1ccc(S(=O)(=O)N2CCc3ccc(NC(=O)Nc4ccc(Cl)cc4)cc32)cc1. The molecule has 1 aliphatic rings. The van der Waals surface area contributed by atoms with E-state index in [2.05, 4.69) is 10.6 Å². The maximum Gasteiger partial charge on any atom is 0.323 e. The lowest BCUT2D eigenvalue weighted by molar-refractivity contribution is 0.262. The van der Waals surface area contributed by atoms with Gasteiger partial charge in [-0.15, -0.1) is 0 Å². The van der Waals surface area contributed by atoms with Gasteiger partial charge in [0.05, 0.1) is 17.7 Å². The monoisotopic (exact) mass is 457 g/mol. The van der Waals surface area contributed by atoms with Crippen molar-refractivity contribution in [1.29, 1.82) is 0 Å². The van der Waals surface area contributed by atoms with Crippen LogP contribution in [0.2, 0.25) is 5.02 Å². The molecule has 1 aliphatic heterocycles. The summed E-state index contributed by atoms with van der Waals surface area (Å²) in [6.07, 6.45) is 0.599. The molecule has 0 atom stereocenters. The van der Waals surface area contributed by atoms with Crippen molar-refractivity contribution in [2.24, 2.45) is 0 Å². The van der Waals surface area contributed by atoms with E-state index in [1.165, 1.54) is 23.5 Å². The molecule has 3 aromatic rings. The van der Waals surface area contributed by atoms with Gasteiger partial charge in [0.2, 0.25) is 0 Å². The standard InChI is InChI=1S/C22H20ClN3O4S/c1-30-19-8-10-20(11-9-19)31(28,29)26-13-12-15-2-5-18(14-21(15)26)25-22(27)24-17-6-3-16(23)4-7-17/h2-11,14H,12-13H2,1H3,(H2,24,25,27). The first-order valence-corrected chi connectivity index (χ1v) is 11.3. The highest BCUT2D eigenvalue weighted by Crippen LogP contribution is 2.35. The summed E-state index contributed by atoms with van der Waals surface area (Å²) in [5.74, 6) is 0.582. The summed E-state index contributed by atoms with van der Waals surface area (Å²) in [5, 5.41) is 6.02. The Labute approximate surface area is 185 Å². The topological polar surface area (TPSA) is 87.7 Å². The van der Waals surface area contributed by atoms with Crippen molar-refractivity contribution in [3.05, 3.63) is 77.3 Å². The number of amides is 2. The normalized spacial score (nSPS) is 12.9. The van der Waals surface area contributed by atoms with E-state index in [9.17, 15) is 13.2 Å². The van der Waals surface area contributed by atoms with Crippen LogP contribution in [0.25, 0.3) is 0 Å². The second-order valence-electron chi connectivity index (χ2n) is 6.93. The molecule has 1 heterocycles. The van der Waals surface area contributed by atoms with Gasteiger partial charge in [-0.3, -0.25) is 4.31 Å². The smallest absolute Gasteiger partial charge is 0.323 e. The van der Waals surface area contributed by atoms with Crippen LogP contribution < -0.4 is 19.7 Å². The number of carbonyl (C=O) groups is 1. The summed E-state index contributed by atoms with van der Waals surface area (Å²) in [6.45, 7) is 0.337. The molecule has 0 fully saturated rings. The van der Waals surface area contributed by atoms with Gasteiger partial charge in [-0.05, 0) is 72.6 Å². The van der Waals surface area contributed by atoms with Crippen LogP contribution in [-0.4, -0.2) is 28.1 Å². The molecule has 7 nitrogen and oxygen atoms in total. The number of halogens is 1. The molecule has 2 N–H and O–H groups in total. The van der Waals surface area contributed by atoms with E-state index >= 15 is 0 Å². The minimum Gasteiger partial charge on any atom is -0.497 e. The number of hydrogen-bond acceptors (Lipinski definition) is 4. The van der Waals surface area contributed by atoms with E-state index in [0.29, 0.717) is 40.8 Å². The van der Waals surface area contributed by atoms with E-state index in [4.69, 9.17) is 16.3 Å². The highest BCUT2D eigenvalue weighted by Gasteiger charge is 2.31. The maximum absolute atomic E-state index is 13.2. The fraction of sp³-hybridized carbons (Fsp3) is 0.136. The van der Waals surface area contributed by atoms with E-state index in [-0.39, 0.29) is 4.90 Å². The quantitative estimate of drug-likeness (QED) is 0.579. The summed E-state index contributed by atoms with van der Waals surface area (Å²) in [6, 6.07) is 17.8. The van der Waals surface area contributed by atoms with Crippen molar-refractivity contribution >= 4 is 44.7 Å². The lowest BCUT2D eigenvalue weighted by Crippen LogP contribution is -2.29. The zero-order valence-electron chi connectivity index (χ0n) is 16.6. The van der Waals surface area contributed by atoms with E-state index < -0.39 is 16.1 Å². The Morgan fingerprint density at radius 2 is 1.61 bits per heavy atom. The molecule has 160 valence electrons. The number of carbonyl (C=O) groups excluding carboxylic acids is 1. The lowest BCUT2D eigenvalue weighted by atomic mass is 10.1. The number of urea groups is 1. The molecule has 0 aromatic heterocycles. The number of rotatable bonds is 5.